The number of rotatable bonds is 7. The van der Waals surface area contributed by atoms with Crippen molar-refractivity contribution in [1.82, 2.24) is 0 Å². The van der Waals surface area contributed by atoms with Crippen molar-refractivity contribution in [2.24, 2.45) is 0 Å². The molecule has 0 saturated heterocycles. The number of hydrogen-bond donors (Lipinski definition) is 1. The van der Waals surface area contributed by atoms with Gasteiger partial charge < -0.3 is 9.59 Å². The van der Waals surface area contributed by atoms with Crippen LogP contribution in [0.1, 0.15) is 46.0 Å². The lowest BCUT2D eigenvalue weighted by atomic mass is 10.0. The van der Waals surface area contributed by atoms with Crippen LogP contribution >= 0.6 is 0 Å². The van der Waals surface area contributed by atoms with E-state index in [0.29, 0.717) is 6.42 Å². The van der Waals surface area contributed by atoms with E-state index in [4.69, 9.17) is 0 Å². The molecule has 2 nitrogen and oxygen atoms in total. The Morgan fingerprint density at radius 1 is 1.21 bits per heavy atom. The molecule has 0 amide bonds. The zero-order valence-corrected chi connectivity index (χ0v) is 11.0. The minimum absolute atomic E-state index is 0.0914. The molecule has 84 valence electrons. The Hall–Kier alpha value is -0.153. The fourth-order valence-electron chi connectivity index (χ4n) is 1.28. The molecule has 0 radical (unpaired) electrons. The van der Waals surface area contributed by atoms with Crippen LogP contribution in [0.3, 0.4) is 0 Å². The lowest BCUT2D eigenvalue weighted by Crippen LogP contribution is -2.38. The molecule has 0 aromatic rings. The first-order chi connectivity index (χ1) is 6.31. The van der Waals surface area contributed by atoms with Gasteiger partial charge in [0.05, 0.1) is 0 Å². The molecular weight excluding hydrogens is 192 g/mol. The molecule has 0 aromatic heterocycles. The summed E-state index contributed by atoms with van der Waals surface area (Å²) in [6.45, 7) is 8.30. The molecule has 0 bridgehead atoms. The molecule has 0 saturated carbocycles. The molecule has 3 heteroatoms. The van der Waals surface area contributed by atoms with Gasteiger partial charge in [0, 0.05) is 6.42 Å². The Bertz CT molecular complexity index is 171. The summed E-state index contributed by atoms with van der Waals surface area (Å²) in [6, 6.07) is 0. The van der Waals surface area contributed by atoms with Crippen LogP contribution in [0.2, 0.25) is 18.1 Å². The van der Waals surface area contributed by atoms with Crippen LogP contribution in [0.15, 0.2) is 0 Å². The maximum Gasteiger partial charge on any atom is 0.188 e. The SMILES string of the molecule is CC(C)(CCCCCC=O)[Si](C)(C)O. The van der Waals surface area contributed by atoms with Gasteiger partial charge >= 0.3 is 0 Å². The van der Waals surface area contributed by atoms with Crippen molar-refractivity contribution in [2.45, 2.75) is 64.1 Å². The van der Waals surface area contributed by atoms with E-state index in [1.54, 1.807) is 0 Å². The third-order valence-corrected chi connectivity index (χ3v) is 6.84. The minimum Gasteiger partial charge on any atom is -0.432 e. The second-order valence-corrected chi connectivity index (χ2v) is 9.68. The van der Waals surface area contributed by atoms with Crippen molar-refractivity contribution in [1.29, 1.82) is 0 Å². The molecule has 0 aliphatic heterocycles. The molecule has 0 fully saturated rings. The van der Waals surface area contributed by atoms with E-state index in [0.717, 1.165) is 32.0 Å². The van der Waals surface area contributed by atoms with Gasteiger partial charge in [-0.25, -0.2) is 0 Å². The number of carbonyl (C=O) groups is 1. The van der Waals surface area contributed by atoms with Gasteiger partial charge in [-0.05, 0) is 31.0 Å². The smallest absolute Gasteiger partial charge is 0.188 e. The second kappa shape index (κ2) is 5.66. The predicted octanol–water partition coefficient (Wildman–Crippen LogP) is 3.11. The summed E-state index contributed by atoms with van der Waals surface area (Å²) in [4.78, 5) is 20.1. The monoisotopic (exact) mass is 216 g/mol. The van der Waals surface area contributed by atoms with E-state index < -0.39 is 8.32 Å². The van der Waals surface area contributed by atoms with Crippen molar-refractivity contribution >= 4 is 14.6 Å². The lowest BCUT2D eigenvalue weighted by molar-refractivity contribution is -0.107. The van der Waals surface area contributed by atoms with Crippen molar-refractivity contribution in [3.63, 3.8) is 0 Å². The van der Waals surface area contributed by atoms with E-state index in [1.165, 1.54) is 0 Å². The summed E-state index contributed by atoms with van der Waals surface area (Å²) in [6.07, 6.45) is 5.95. The van der Waals surface area contributed by atoms with E-state index >= 15 is 0 Å². The summed E-state index contributed by atoms with van der Waals surface area (Å²) in [7, 11) is -2.02. The molecule has 0 heterocycles. The topological polar surface area (TPSA) is 37.3 Å². The van der Waals surface area contributed by atoms with Crippen molar-refractivity contribution < 1.29 is 9.59 Å². The molecular formula is C11H24O2Si. The van der Waals surface area contributed by atoms with Crippen LogP contribution in [0, 0.1) is 0 Å². The van der Waals surface area contributed by atoms with Gasteiger partial charge in [-0.15, -0.1) is 0 Å². The summed E-state index contributed by atoms with van der Waals surface area (Å²) < 4.78 is 0. The Labute approximate surface area is 88.8 Å². The maximum atomic E-state index is 10.1. The highest BCUT2D eigenvalue weighted by atomic mass is 28.4. The van der Waals surface area contributed by atoms with Gasteiger partial charge in [-0.2, -0.15) is 0 Å². The summed E-state index contributed by atoms with van der Waals surface area (Å²) in [5.74, 6) is 0. The first kappa shape index (κ1) is 13.8. The molecule has 0 aliphatic carbocycles. The highest BCUT2D eigenvalue weighted by Gasteiger charge is 2.36. The molecule has 0 atom stereocenters. The molecule has 0 aliphatic rings. The average Bonchev–Trinajstić information content (AvgIpc) is 2.02. The van der Waals surface area contributed by atoms with Crippen LogP contribution in [-0.4, -0.2) is 19.4 Å². The van der Waals surface area contributed by atoms with Crippen molar-refractivity contribution in [3.8, 4) is 0 Å². The minimum atomic E-state index is -2.02. The predicted molar refractivity (Wildman–Crippen MR) is 62.9 cm³/mol. The highest BCUT2D eigenvalue weighted by Crippen LogP contribution is 2.40. The number of aldehydes is 1. The molecule has 0 rings (SSSR count). The van der Waals surface area contributed by atoms with E-state index in [9.17, 15) is 9.59 Å². The fourth-order valence-corrected chi connectivity index (χ4v) is 2.07. The van der Waals surface area contributed by atoms with Crippen LogP contribution in [0.4, 0.5) is 0 Å². The molecule has 1 N–H and O–H groups in total. The van der Waals surface area contributed by atoms with Gasteiger partial charge in [0.15, 0.2) is 8.32 Å². The average molecular weight is 216 g/mol. The standard InChI is InChI=1S/C11H24O2Si/c1-11(2,14(3,4)13)9-7-5-6-8-10-12/h10,13H,5-9H2,1-4H3. The van der Waals surface area contributed by atoms with Gasteiger partial charge in [0.25, 0.3) is 0 Å². The molecule has 14 heavy (non-hydrogen) atoms. The van der Waals surface area contributed by atoms with E-state index in [2.05, 4.69) is 13.8 Å². The van der Waals surface area contributed by atoms with Gasteiger partial charge in [-0.3, -0.25) is 0 Å². The second-order valence-electron chi connectivity index (χ2n) is 5.21. The Morgan fingerprint density at radius 3 is 2.21 bits per heavy atom. The summed E-state index contributed by atoms with van der Waals surface area (Å²) in [5, 5.41) is 0.0914. The lowest BCUT2D eigenvalue weighted by Gasteiger charge is -2.35. The zero-order valence-electron chi connectivity index (χ0n) is 9.97. The number of unbranched alkanes of at least 4 members (excludes halogenated alkanes) is 3. The highest BCUT2D eigenvalue weighted by molar-refractivity contribution is 6.72. The van der Waals surface area contributed by atoms with Gasteiger partial charge in [0.2, 0.25) is 0 Å². The zero-order chi connectivity index (χ0) is 11.2. The van der Waals surface area contributed by atoms with Crippen LogP contribution < -0.4 is 0 Å². The van der Waals surface area contributed by atoms with Gasteiger partial charge in [0.1, 0.15) is 6.29 Å². The third-order valence-electron chi connectivity index (χ3n) is 3.28. The Kier molecular flexibility index (Phi) is 5.60. The molecule has 0 spiro atoms. The van der Waals surface area contributed by atoms with E-state index in [1.807, 2.05) is 13.1 Å². The van der Waals surface area contributed by atoms with Gasteiger partial charge in [-0.1, -0.05) is 26.7 Å². The van der Waals surface area contributed by atoms with Crippen molar-refractivity contribution in [3.05, 3.63) is 0 Å². The molecule has 0 unspecified atom stereocenters. The fraction of sp³-hybridized carbons (Fsp3) is 0.909. The number of carbonyl (C=O) groups excluding carboxylic acids is 1. The maximum absolute atomic E-state index is 10.1. The largest absolute Gasteiger partial charge is 0.432 e. The van der Waals surface area contributed by atoms with Crippen molar-refractivity contribution in [2.75, 3.05) is 0 Å². The van der Waals surface area contributed by atoms with Crippen LogP contribution in [0.5, 0.6) is 0 Å². The first-order valence-corrected chi connectivity index (χ1v) is 8.42. The summed E-state index contributed by atoms with van der Waals surface area (Å²) in [5.41, 5.74) is 0. The Balaban J connectivity index is 3.72. The van der Waals surface area contributed by atoms with Crippen LogP contribution in [0.25, 0.3) is 0 Å². The van der Waals surface area contributed by atoms with Crippen LogP contribution in [-0.2, 0) is 4.79 Å². The first-order valence-electron chi connectivity index (χ1n) is 5.47. The molecule has 0 aromatic carbocycles. The number of hydrogen-bond acceptors (Lipinski definition) is 2. The summed E-state index contributed by atoms with van der Waals surface area (Å²) >= 11 is 0. The normalized spacial score (nSPS) is 12.9. The quantitative estimate of drug-likeness (QED) is 0.403. The Morgan fingerprint density at radius 2 is 1.79 bits per heavy atom. The van der Waals surface area contributed by atoms with E-state index in [-0.39, 0.29) is 5.04 Å². The third kappa shape index (κ3) is 4.91.